The van der Waals surface area contributed by atoms with E-state index in [9.17, 15) is 4.79 Å². The number of hydrogen-bond donors (Lipinski definition) is 0. The molecule has 3 aromatic rings. The van der Waals surface area contributed by atoms with E-state index in [0.29, 0.717) is 31.3 Å². The number of fused-ring (bicyclic) bond motifs is 1. The molecule has 0 aromatic carbocycles. The van der Waals surface area contributed by atoms with Crippen LogP contribution in [0.4, 0.5) is 0 Å². The second-order valence-electron chi connectivity index (χ2n) is 6.33. The van der Waals surface area contributed by atoms with Gasteiger partial charge < -0.3 is 14.0 Å². The molecule has 0 aliphatic carbocycles. The van der Waals surface area contributed by atoms with Gasteiger partial charge in [-0.25, -0.2) is 0 Å². The molecular weight excluding hydrogens is 320 g/mol. The molecule has 25 heavy (non-hydrogen) atoms. The Kier molecular flexibility index (Phi) is 3.79. The molecule has 0 fully saturated rings. The number of rotatable bonds is 3. The molecular formula is C17H18N6O2. The number of carbonyl (C=O) groups excluding carboxylic acids is 1. The highest BCUT2D eigenvalue weighted by atomic mass is 16.5. The van der Waals surface area contributed by atoms with Crippen molar-refractivity contribution in [2.45, 2.75) is 32.9 Å². The summed E-state index contributed by atoms with van der Waals surface area (Å²) in [5, 5.41) is 12.4. The van der Waals surface area contributed by atoms with Crippen LogP contribution in [0.3, 0.4) is 0 Å². The molecule has 0 saturated carbocycles. The van der Waals surface area contributed by atoms with Crippen LogP contribution in [0.25, 0.3) is 11.3 Å². The fraction of sp³-hybridized carbons (Fsp3) is 0.353. The minimum absolute atomic E-state index is 0.167. The highest BCUT2D eigenvalue weighted by Gasteiger charge is 2.27. The van der Waals surface area contributed by atoms with Crippen LogP contribution in [-0.2, 0) is 13.1 Å². The van der Waals surface area contributed by atoms with Gasteiger partial charge >= 0.3 is 0 Å². The van der Waals surface area contributed by atoms with Gasteiger partial charge in [0.1, 0.15) is 5.82 Å². The highest BCUT2D eigenvalue weighted by Crippen LogP contribution is 2.22. The summed E-state index contributed by atoms with van der Waals surface area (Å²) in [6.45, 7) is 5.88. The van der Waals surface area contributed by atoms with Gasteiger partial charge in [0.05, 0.1) is 6.54 Å². The number of amides is 1. The third-order valence-corrected chi connectivity index (χ3v) is 4.26. The largest absolute Gasteiger partial charge is 0.355 e. The highest BCUT2D eigenvalue weighted by molar-refractivity contribution is 5.93. The zero-order chi connectivity index (χ0) is 17.4. The van der Waals surface area contributed by atoms with Gasteiger partial charge in [-0.15, -0.1) is 10.2 Å². The van der Waals surface area contributed by atoms with Crippen LogP contribution < -0.4 is 0 Å². The summed E-state index contributed by atoms with van der Waals surface area (Å²) in [5.41, 5.74) is 1.07. The van der Waals surface area contributed by atoms with Gasteiger partial charge in [-0.1, -0.05) is 19.0 Å². The molecule has 0 spiro atoms. The van der Waals surface area contributed by atoms with E-state index in [0.717, 1.165) is 17.2 Å². The fourth-order valence-electron chi connectivity index (χ4n) is 2.96. The standard InChI is InChI=1S/C17H18N6O2/c1-11(2)16-20-19-15-10-22(6-7-23(15)16)17(24)13-8-14(25-21-13)12-4-3-5-18-9-12/h3-5,8-9,11H,6-7,10H2,1-2H3. The van der Waals surface area contributed by atoms with Crippen molar-refractivity contribution in [1.29, 1.82) is 0 Å². The molecule has 0 N–H and O–H groups in total. The second-order valence-corrected chi connectivity index (χ2v) is 6.33. The molecule has 0 unspecified atom stereocenters. The van der Waals surface area contributed by atoms with Crippen LogP contribution in [0, 0.1) is 0 Å². The number of carbonyl (C=O) groups is 1. The Labute approximate surface area is 144 Å². The molecule has 3 aromatic heterocycles. The number of hydrogen-bond acceptors (Lipinski definition) is 6. The van der Waals surface area contributed by atoms with Crippen molar-refractivity contribution >= 4 is 5.91 Å². The third kappa shape index (κ3) is 2.79. The molecule has 128 valence electrons. The first kappa shape index (κ1) is 15.5. The Bertz CT molecular complexity index is 899. The summed E-state index contributed by atoms with van der Waals surface area (Å²) in [7, 11) is 0. The normalized spacial score (nSPS) is 14.0. The van der Waals surface area contributed by atoms with Gasteiger partial charge in [0, 0.05) is 43.0 Å². The Balaban J connectivity index is 1.53. The van der Waals surface area contributed by atoms with Gasteiger partial charge in [0.15, 0.2) is 17.3 Å². The number of pyridine rings is 1. The van der Waals surface area contributed by atoms with Crippen molar-refractivity contribution < 1.29 is 9.32 Å². The third-order valence-electron chi connectivity index (χ3n) is 4.26. The number of nitrogens with zero attached hydrogens (tertiary/aromatic N) is 6. The summed E-state index contributed by atoms with van der Waals surface area (Å²) < 4.78 is 7.39. The molecule has 0 atom stereocenters. The summed E-state index contributed by atoms with van der Waals surface area (Å²) in [4.78, 5) is 18.5. The first-order valence-electron chi connectivity index (χ1n) is 8.22. The van der Waals surface area contributed by atoms with Crippen molar-refractivity contribution in [1.82, 2.24) is 29.8 Å². The van der Waals surface area contributed by atoms with Crippen LogP contribution >= 0.6 is 0 Å². The average molecular weight is 338 g/mol. The topological polar surface area (TPSA) is 89.9 Å². The molecule has 1 amide bonds. The lowest BCUT2D eigenvalue weighted by Crippen LogP contribution is -2.39. The predicted molar refractivity (Wildman–Crippen MR) is 88.6 cm³/mol. The van der Waals surface area contributed by atoms with Crippen LogP contribution in [0.15, 0.2) is 35.1 Å². The summed E-state index contributed by atoms with van der Waals surface area (Å²) in [6, 6.07) is 5.32. The van der Waals surface area contributed by atoms with Crippen LogP contribution in [0.2, 0.25) is 0 Å². The Morgan fingerprint density at radius 1 is 1.28 bits per heavy atom. The van der Waals surface area contributed by atoms with Crippen LogP contribution in [0.1, 0.15) is 41.9 Å². The van der Waals surface area contributed by atoms with E-state index in [-0.39, 0.29) is 11.6 Å². The Morgan fingerprint density at radius 3 is 2.92 bits per heavy atom. The maximum Gasteiger partial charge on any atom is 0.276 e. The molecule has 0 saturated heterocycles. The maximum atomic E-state index is 12.7. The van der Waals surface area contributed by atoms with Gasteiger partial charge in [-0.3, -0.25) is 9.78 Å². The van der Waals surface area contributed by atoms with Gasteiger partial charge in [-0.05, 0) is 12.1 Å². The van der Waals surface area contributed by atoms with Gasteiger partial charge in [0.25, 0.3) is 5.91 Å². The minimum atomic E-state index is -0.167. The average Bonchev–Trinajstić information content (AvgIpc) is 3.28. The summed E-state index contributed by atoms with van der Waals surface area (Å²) >= 11 is 0. The smallest absolute Gasteiger partial charge is 0.276 e. The Morgan fingerprint density at radius 2 is 2.16 bits per heavy atom. The van der Waals surface area contributed by atoms with Crippen molar-refractivity contribution in [3.8, 4) is 11.3 Å². The van der Waals surface area contributed by atoms with E-state index in [4.69, 9.17) is 4.52 Å². The lowest BCUT2D eigenvalue weighted by Gasteiger charge is -2.27. The molecule has 0 radical (unpaired) electrons. The summed E-state index contributed by atoms with van der Waals surface area (Å²) in [5.74, 6) is 2.43. The zero-order valence-corrected chi connectivity index (χ0v) is 14.1. The van der Waals surface area contributed by atoms with E-state index >= 15 is 0 Å². The minimum Gasteiger partial charge on any atom is -0.355 e. The molecule has 8 heteroatoms. The monoisotopic (exact) mass is 338 g/mol. The molecule has 4 heterocycles. The molecule has 1 aliphatic rings. The van der Waals surface area contributed by atoms with Gasteiger partial charge in [0.2, 0.25) is 0 Å². The Hall–Kier alpha value is -3.03. The fourth-order valence-corrected chi connectivity index (χ4v) is 2.96. The maximum absolute atomic E-state index is 12.7. The van der Waals surface area contributed by atoms with Crippen molar-refractivity contribution in [3.05, 3.63) is 47.9 Å². The number of aromatic nitrogens is 5. The van der Waals surface area contributed by atoms with E-state index in [2.05, 4.69) is 38.8 Å². The lowest BCUT2D eigenvalue weighted by atomic mass is 10.2. The molecule has 4 rings (SSSR count). The van der Waals surface area contributed by atoms with E-state index < -0.39 is 0 Å². The van der Waals surface area contributed by atoms with Crippen molar-refractivity contribution in [2.75, 3.05) is 6.54 Å². The second kappa shape index (κ2) is 6.12. The van der Waals surface area contributed by atoms with E-state index in [1.807, 2.05) is 12.1 Å². The molecule has 8 nitrogen and oxygen atoms in total. The van der Waals surface area contributed by atoms with Crippen molar-refractivity contribution in [2.24, 2.45) is 0 Å². The predicted octanol–water partition coefficient (Wildman–Crippen LogP) is 2.11. The van der Waals surface area contributed by atoms with Crippen LogP contribution in [-0.4, -0.2) is 42.3 Å². The van der Waals surface area contributed by atoms with Gasteiger partial charge in [-0.2, -0.15) is 0 Å². The van der Waals surface area contributed by atoms with E-state index in [1.54, 1.807) is 23.4 Å². The molecule has 0 bridgehead atoms. The van der Waals surface area contributed by atoms with Crippen LogP contribution in [0.5, 0.6) is 0 Å². The lowest BCUT2D eigenvalue weighted by molar-refractivity contribution is 0.0695. The molecule has 1 aliphatic heterocycles. The SMILES string of the molecule is CC(C)c1nnc2n1CCN(C(=O)c1cc(-c3cccnc3)on1)C2. The van der Waals surface area contributed by atoms with E-state index in [1.165, 1.54) is 0 Å². The zero-order valence-electron chi connectivity index (χ0n) is 14.1. The summed E-state index contributed by atoms with van der Waals surface area (Å²) in [6.07, 6.45) is 3.35. The van der Waals surface area contributed by atoms with Crippen molar-refractivity contribution in [3.63, 3.8) is 0 Å². The first-order valence-corrected chi connectivity index (χ1v) is 8.22. The quantitative estimate of drug-likeness (QED) is 0.726. The first-order chi connectivity index (χ1) is 12.1.